The Labute approximate surface area is 150 Å². The van der Waals surface area contributed by atoms with E-state index in [1.54, 1.807) is 16.3 Å². The largest absolute Gasteiger partial charge is 0.365 e. The molecule has 6 heteroatoms. The fourth-order valence-corrected chi connectivity index (χ4v) is 3.32. The average molecular weight is 347 g/mol. The van der Waals surface area contributed by atoms with Crippen LogP contribution in [0.4, 0.5) is 5.82 Å². The summed E-state index contributed by atoms with van der Waals surface area (Å²) < 4.78 is 1.74. The van der Waals surface area contributed by atoms with Crippen molar-refractivity contribution in [3.05, 3.63) is 78.1 Å². The van der Waals surface area contributed by atoms with Gasteiger partial charge in [-0.1, -0.05) is 42.1 Å². The molecule has 5 nitrogen and oxygen atoms in total. The summed E-state index contributed by atoms with van der Waals surface area (Å²) in [7, 11) is 0. The minimum absolute atomic E-state index is 0.718. The number of aryl methyl sites for hydroxylation is 1. The molecule has 0 saturated carbocycles. The minimum atomic E-state index is 0.718. The number of hydrogen-bond donors (Lipinski definition) is 1. The third kappa shape index (κ3) is 3.64. The van der Waals surface area contributed by atoms with Crippen LogP contribution in [0.2, 0.25) is 0 Å². The summed E-state index contributed by atoms with van der Waals surface area (Å²) in [6.45, 7) is 2.61. The van der Waals surface area contributed by atoms with E-state index in [9.17, 15) is 0 Å². The lowest BCUT2D eigenvalue weighted by atomic mass is 10.2. The van der Waals surface area contributed by atoms with Gasteiger partial charge >= 0.3 is 0 Å². The molecule has 0 aliphatic heterocycles. The molecular formula is C19H17N5S. The number of rotatable bonds is 5. The van der Waals surface area contributed by atoms with E-state index in [0.29, 0.717) is 0 Å². The zero-order valence-electron chi connectivity index (χ0n) is 13.8. The van der Waals surface area contributed by atoms with Crippen molar-refractivity contribution >= 4 is 23.2 Å². The van der Waals surface area contributed by atoms with Gasteiger partial charge in [0, 0.05) is 16.3 Å². The standard InChI is InChI=1S/C19H17N5S/c1-14-21-22-19-12-11-18(23-24(14)19)20-13-15-7-9-17(10-8-15)25-16-5-3-2-4-6-16/h2-12H,13H2,1H3,(H,20,23). The molecule has 0 aliphatic carbocycles. The molecule has 0 atom stereocenters. The minimum Gasteiger partial charge on any atom is -0.365 e. The molecule has 25 heavy (non-hydrogen) atoms. The van der Waals surface area contributed by atoms with Crippen LogP contribution >= 0.6 is 11.8 Å². The summed E-state index contributed by atoms with van der Waals surface area (Å²) in [6.07, 6.45) is 0. The van der Waals surface area contributed by atoms with Crippen LogP contribution in [0.5, 0.6) is 0 Å². The SMILES string of the molecule is Cc1nnc2ccc(NCc3ccc(Sc4ccccc4)cc3)nn12. The lowest BCUT2D eigenvalue weighted by Gasteiger charge is -2.07. The number of aromatic nitrogens is 4. The fourth-order valence-electron chi connectivity index (χ4n) is 2.48. The summed E-state index contributed by atoms with van der Waals surface area (Å²) in [6, 6.07) is 22.8. The smallest absolute Gasteiger partial charge is 0.178 e. The second kappa shape index (κ2) is 6.94. The predicted octanol–water partition coefficient (Wildman–Crippen LogP) is 4.20. The van der Waals surface area contributed by atoms with Gasteiger partial charge in [0.25, 0.3) is 0 Å². The third-order valence-electron chi connectivity index (χ3n) is 3.79. The van der Waals surface area contributed by atoms with Crippen molar-refractivity contribution in [3.8, 4) is 0 Å². The molecule has 2 aromatic carbocycles. The Morgan fingerprint density at radius 2 is 1.64 bits per heavy atom. The molecular weight excluding hydrogens is 330 g/mol. The maximum atomic E-state index is 4.50. The van der Waals surface area contributed by atoms with Gasteiger partial charge in [0.15, 0.2) is 11.5 Å². The molecule has 0 saturated heterocycles. The van der Waals surface area contributed by atoms with E-state index in [1.807, 2.05) is 25.1 Å². The maximum absolute atomic E-state index is 4.50. The predicted molar refractivity (Wildman–Crippen MR) is 99.9 cm³/mol. The molecule has 1 N–H and O–H groups in total. The molecule has 0 spiro atoms. The van der Waals surface area contributed by atoms with Crippen molar-refractivity contribution in [2.45, 2.75) is 23.3 Å². The molecule has 0 amide bonds. The molecule has 124 valence electrons. The highest BCUT2D eigenvalue weighted by atomic mass is 32.2. The van der Waals surface area contributed by atoms with Gasteiger partial charge in [-0.25, -0.2) is 0 Å². The Balaban J connectivity index is 1.41. The van der Waals surface area contributed by atoms with Crippen molar-refractivity contribution < 1.29 is 0 Å². The summed E-state index contributed by atoms with van der Waals surface area (Å²) in [5, 5.41) is 15.9. The van der Waals surface area contributed by atoms with Crippen molar-refractivity contribution in [3.63, 3.8) is 0 Å². The highest BCUT2D eigenvalue weighted by molar-refractivity contribution is 7.99. The zero-order chi connectivity index (χ0) is 17.1. The number of nitrogens with zero attached hydrogens (tertiary/aromatic N) is 4. The van der Waals surface area contributed by atoms with Crippen LogP contribution in [-0.2, 0) is 6.54 Å². The second-order valence-electron chi connectivity index (χ2n) is 5.65. The molecule has 0 unspecified atom stereocenters. The van der Waals surface area contributed by atoms with Crippen molar-refractivity contribution in [1.29, 1.82) is 0 Å². The number of hydrogen-bond acceptors (Lipinski definition) is 5. The summed E-state index contributed by atoms with van der Waals surface area (Å²) in [5.41, 5.74) is 1.96. The van der Waals surface area contributed by atoms with Crippen LogP contribution in [0, 0.1) is 6.92 Å². The molecule has 2 aromatic heterocycles. The topological polar surface area (TPSA) is 55.1 Å². The van der Waals surface area contributed by atoms with Crippen LogP contribution in [-0.4, -0.2) is 19.8 Å². The molecule has 0 fully saturated rings. The lowest BCUT2D eigenvalue weighted by molar-refractivity contribution is 0.871. The van der Waals surface area contributed by atoms with E-state index in [-0.39, 0.29) is 0 Å². The Morgan fingerprint density at radius 3 is 2.44 bits per heavy atom. The average Bonchev–Trinajstić information content (AvgIpc) is 3.03. The van der Waals surface area contributed by atoms with Crippen LogP contribution in [0.25, 0.3) is 5.65 Å². The zero-order valence-corrected chi connectivity index (χ0v) is 14.6. The quantitative estimate of drug-likeness (QED) is 0.586. The van der Waals surface area contributed by atoms with E-state index in [0.717, 1.165) is 23.8 Å². The highest BCUT2D eigenvalue weighted by Crippen LogP contribution is 2.27. The summed E-state index contributed by atoms with van der Waals surface area (Å²) in [4.78, 5) is 2.48. The monoisotopic (exact) mass is 347 g/mol. The van der Waals surface area contributed by atoms with Gasteiger partial charge in [0.1, 0.15) is 5.82 Å². The first-order valence-corrected chi connectivity index (χ1v) is 8.84. The first-order chi connectivity index (χ1) is 12.3. The molecule has 4 aromatic rings. The number of nitrogens with one attached hydrogen (secondary N) is 1. The third-order valence-corrected chi connectivity index (χ3v) is 4.81. The van der Waals surface area contributed by atoms with Gasteiger partial charge in [0.2, 0.25) is 0 Å². The van der Waals surface area contributed by atoms with E-state index in [2.05, 4.69) is 69.1 Å². The second-order valence-corrected chi connectivity index (χ2v) is 6.80. The Kier molecular flexibility index (Phi) is 4.35. The normalized spacial score (nSPS) is 10.9. The number of benzene rings is 2. The molecule has 0 radical (unpaired) electrons. The van der Waals surface area contributed by atoms with Crippen molar-refractivity contribution in [2.75, 3.05) is 5.32 Å². The van der Waals surface area contributed by atoms with Crippen LogP contribution in [0.3, 0.4) is 0 Å². The lowest BCUT2D eigenvalue weighted by Crippen LogP contribution is -2.04. The van der Waals surface area contributed by atoms with Crippen LogP contribution in [0.1, 0.15) is 11.4 Å². The number of anilines is 1. The molecule has 4 rings (SSSR count). The number of fused-ring (bicyclic) bond motifs is 1. The van der Waals surface area contributed by atoms with Crippen molar-refractivity contribution in [1.82, 2.24) is 19.8 Å². The Morgan fingerprint density at radius 1 is 0.880 bits per heavy atom. The van der Waals surface area contributed by atoms with Gasteiger partial charge in [-0.2, -0.15) is 4.52 Å². The van der Waals surface area contributed by atoms with Gasteiger partial charge < -0.3 is 5.32 Å². The molecule has 0 bridgehead atoms. The summed E-state index contributed by atoms with van der Waals surface area (Å²) in [5.74, 6) is 1.58. The maximum Gasteiger partial charge on any atom is 0.178 e. The van der Waals surface area contributed by atoms with E-state index >= 15 is 0 Å². The Hall–Kier alpha value is -2.86. The summed E-state index contributed by atoms with van der Waals surface area (Å²) >= 11 is 1.76. The van der Waals surface area contributed by atoms with Gasteiger partial charge in [0.05, 0.1) is 0 Å². The van der Waals surface area contributed by atoms with Crippen molar-refractivity contribution in [2.24, 2.45) is 0 Å². The van der Waals surface area contributed by atoms with E-state index < -0.39 is 0 Å². The van der Waals surface area contributed by atoms with Gasteiger partial charge in [-0.3, -0.25) is 0 Å². The van der Waals surface area contributed by atoms with E-state index in [4.69, 9.17) is 0 Å². The Bertz CT molecular complexity index is 980. The van der Waals surface area contributed by atoms with Crippen LogP contribution in [0.15, 0.2) is 76.5 Å². The molecule has 0 aliphatic rings. The fraction of sp³-hybridized carbons (Fsp3) is 0.105. The highest BCUT2D eigenvalue weighted by Gasteiger charge is 2.03. The first-order valence-electron chi connectivity index (χ1n) is 8.03. The molecule has 2 heterocycles. The first kappa shape index (κ1) is 15.7. The van der Waals surface area contributed by atoms with E-state index in [1.165, 1.54) is 15.4 Å². The van der Waals surface area contributed by atoms with Gasteiger partial charge in [-0.05, 0) is 48.9 Å². The van der Waals surface area contributed by atoms with Gasteiger partial charge in [-0.15, -0.1) is 15.3 Å². The van der Waals surface area contributed by atoms with Crippen LogP contribution < -0.4 is 5.32 Å².